The molecular weight excluding hydrogens is 438 g/mol. The van der Waals surface area contributed by atoms with Crippen LogP contribution in [0.2, 0.25) is 0 Å². The van der Waals surface area contributed by atoms with Crippen LogP contribution in [0.1, 0.15) is 29.7 Å². The third-order valence-corrected chi connectivity index (χ3v) is 6.87. The number of carbonyl (C=O) groups excluding carboxylic acids is 1. The number of carbonyl (C=O) groups is 1. The number of nitriles is 1. The molecule has 172 valence electrons. The quantitative estimate of drug-likeness (QED) is 0.504. The van der Waals surface area contributed by atoms with Crippen LogP contribution in [0.15, 0.2) is 41.8 Å². The van der Waals surface area contributed by atoms with Gasteiger partial charge in [0, 0.05) is 30.4 Å². The van der Waals surface area contributed by atoms with E-state index in [0.29, 0.717) is 23.1 Å². The molecule has 0 spiro atoms. The Kier molecular flexibility index (Phi) is 7.06. The SMILES string of the molecule is COc1ccc(-n2ccnc2SCC(=O)Nc2c(C#N)c(C)c(C)n2CC2CCCO2)cc1. The molecule has 8 nitrogen and oxygen atoms in total. The predicted molar refractivity (Wildman–Crippen MR) is 127 cm³/mol. The van der Waals surface area contributed by atoms with Crippen molar-refractivity contribution < 1.29 is 14.3 Å². The van der Waals surface area contributed by atoms with Gasteiger partial charge in [-0.15, -0.1) is 0 Å². The zero-order chi connectivity index (χ0) is 23.4. The molecule has 2 aromatic heterocycles. The van der Waals surface area contributed by atoms with Crippen molar-refractivity contribution in [3.05, 3.63) is 53.5 Å². The third-order valence-electron chi connectivity index (χ3n) is 5.90. The summed E-state index contributed by atoms with van der Waals surface area (Å²) in [6, 6.07) is 9.89. The van der Waals surface area contributed by atoms with E-state index in [1.54, 1.807) is 13.3 Å². The molecule has 1 aromatic carbocycles. The van der Waals surface area contributed by atoms with Crippen molar-refractivity contribution in [1.29, 1.82) is 5.26 Å². The van der Waals surface area contributed by atoms with Gasteiger partial charge in [-0.1, -0.05) is 11.8 Å². The number of thioether (sulfide) groups is 1. The van der Waals surface area contributed by atoms with Gasteiger partial charge in [-0.2, -0.15) is 5.26 Å². The van der Waals surface area contributed by atoms with Crippen LogP contribution >= 0.6 is 11.8 Å². The summed E-state index contributed by atoms with van der Waals surface area (Å²) in [5, 5.41) is 13.4. The summed E-state index contributed by atoms with van der Waals surface area (Å²) >= 11 is 1.34. The second-order valence-corrected chi connectivity index (χ2v) is 8.85. The topological polar surface area (TPSA) is 94.1 Å². The van der Waals surface area contributed by atoms with Crippen molar-refractivity contribution in [2.75, 3.05) is 24.8 Å². The normalized spacial score (nSPS) is 15.4. The van der Waals surface area contributed by atoms with E-state index in [-0.39, 0.29) is 17.8 Å². The predicted octanol–water partition coefficient (Wildman–Crippen LogP) is 4.08. The van der Waals surface area contributed by atoms with Crippen LogP contribution in [0.3, 0.4) is 0 Å². The lowest BCUT2D eigenvalue weighted by atomic mass is 10.2. The number of aromatic nitrogens is 3. The molecule has 1 aliphatic rings. The molecule has 0 aliphatic carbocycles. The fourth-order valence-electron chi connectivity index (χ4n) is 3.98. The van der Waals surface area contributed by atoms with E-state index >= 15 is 0 Å². The monoisotopic (exact) mass is 465 g/mol. The summed E-state index contributed by atoms with van der Waals surface area (Å²) in [6.45, 7) is 5.27. The zero-order valence-electron chi connectivity index (χ0n) is 19.0. The zero-order valence-corrected chi connectivity index (χ0v) is 19.8. The van der Waals surface area contributed by atoms with E-state index in [1.807, 2.05) is 53.4 Å². The van der Waals surface area contributed by atoms with Gasteiger partial charge >= 0.3 is 0 Å². The Labute approximate surface area is 197 Å². The van der Waals surface area contributed by atoms with Crippen molar-refractivity contribution in [2.24, 2.45) is 0 Å². The van der Waals surface area contributed by atoms with E-state index in [9.17, 15) is 10.1 Å². The fourth-order valence-corrected chi connectivity index (χ4v) is 4.76. The number of amides is 1. The minimum absolute atomic E-state index is 0.101. The fraction of sp³-hybridized carbons (Fsp3) is 0.375. The van der Waals surface area contributed by atoms with Gasteiger partial charge in [0.2, 0.25) is 5.91 Å². The number of ether oxygens (including phenoxy) is 2. The molecule has 1 unspecified atom stereocenters. The van der Waals surface area contributed by atoms with Crippen LogP contribution in [0.25, 0.3) is 5.69 Å². The van der Waals surface area contributed by atoms with Crippen LogP contribution in [0, 0.1) is 25.2 Å². The maximum Gasteiger partial charge on any atom is 0.235 e. The molecule has 1 saturated heterocycles. The molecular formula is C24H27N5O3S. The standard InChI is InChI=1S/C24H27N5O3S/c1-16-17(2)29(14-20-5-4-12-32-20)23(21(16)13-25)27-22(30)15-33-24-26-10-11-28(24)18-6-8-19(31-3)9-7-18/h6-11,20H,4-5,12,14-15H2,1-3H3,(H,27,30). The van der Waals surface area contributed by atoms with E-state index < -0.39 is 0 Å². The molecule has 9 heteroatoms. The molecule has 33 heavy (non-hydrogen) atoms. The first-order chi connectivity index (χ1) is 16.0. The minimum Gasteiger partial charge on any atom is -0.497 e. The summed E-state index contributed by atoms with van der Waals surface area (Å²) in [5.74, 6) is 1.30. The molecule has 1 fully saturated rings. The highest BCUT2D eigenvalue weighted by atomic mass is 32.2. The number of methoxy groups -OCH3 is 1. The second-order valence-electron chi connectivity index (χ2n) is 7.91. The Bertz CT molecular complexity index is 1170. The number of nitrogens with one attached hydrogen (secondary N) is 1. The van der Waals surface area contributed by atoms with Crippen molar-refractivity contribution in [3.8, 4) is 17.5 Å². The van der Waals surface area contributed by atoms with Crippen LogP contribution in [0.4, 0.5) is 5.82 Å². The lowest BCUT2D eigenvalue weighted by molar-refractivity contribution is -0.113. The highest BCUT2D eigenvalue weighted by Crippen LogP contribution is 2.29. The Hall–Kier alpha value is -3.22. The van der Waals surface area contributed by atoms with Gasteiger partial charge in [0.25, 0.3) is 0 Å². The average Bonchev–Trinajstić information content (AvgIpc) is 3.56. The van der Waals surface area contributed by atoms with Gasteiger partial charge in [-0.25, -0.2) is 4.98 Å². The molecule has 1 amide bonds. The van der Waals surface area contributed by atoms with Gasteiger partial charge in [0.15, 0.2) is 5.16 Å². The molecule has 3 aromatic rings. The molecule has 0 bridgehead atoms. The van der Waals surface area contributed by atoms with Gasteiger partial charge in [0.05, 0.1) is 31.1 Å². The Balaban J connectivity index is 1.47. The number of rotatable bonds is 8. The van der Waals surface area contributed by atoms with Crippen LogP contribution in [0.5, 0.6) is 5.75 Å². The Morgan fingerprint density at radius 1 is 1.36 bits per heavy atom. The number of benzene rings is 1. The number of anilines is 1. The lowest BCUT2D eigenvalue weighted by Gasteiger charge is -2.17. The minimum atomic E-state index is -0.188. The Morgan fingerprint density at radius 2 is 2.15 bits per heavy atom. The highest BCUT2D eigenvalue weighted by Gasteiger charge is 2.24. The summed E-state index contributed by atoms with van der Waals surface area (Å²) in [7, 11) is 1.63. The van der Waals surface area contributed by atoms with Gasteiger partial charge in [0.1, 0.15) is 17.6 Å². The van der Waals surface area contributed by atoms with Crippen molar-refractivity contribution >= 4 is 23.5 Å². The molecule has 0 saturated carbocycles. The smallest absolute Gasteiger partial charge is 0.235 e. The molecule has 1 N–H and O–H groups in total. The van der Waals surface area contributed by atoms with E-state index in [2.05, 4.69) is 16.4 Å². The van der Waals surface area contributed by atoms with Gasteiger partial charge in [-0.05, 0) is 56.5 Å². The van der Waals surface area contributed by atoms with Crippen molar-refractivity contribution in [2.45, 2.75) is 44.5 Å². The second kappa shape index (κ2) is 10.1. The van der Waals surface area contributed by atoms with Crippen molar-refractivity contribution in [3.63, 3.8) is 0 Å². The lowest BCUT2D eigenvalue weighted by Crippen LogP contribution is -2.22. The molecule has 3 heterocycles. The summed E-state index contributed by atoms with van der Waals surface area (Å²) in [5.41, 5.74) is 3.29. The largest absolute Gasteiger partial charge is 0.497 e. The highest BCUT2D eigenvalue weighted by molar-refractivity contribution is 7.99. The summed E-state index contributed by atoms with van der Waals surface area (Å²) < 4.78 is 14.9. The molecule has 1 atom stereocenters. The van der Waals surface area contributed by atoms with Crippen LogP contribution in [-0.4, -0.2) is 45.6 Å². The van der Waals surface area contributed by atoms with Crippen molar-refractivity contribution in [1.82, 2.24) is 14.1 Å². The summed E-state index contributed by atoms with van der Waals surface area (Å²) in [4.78, 5) is 17.3. The first kappa shape index (κ1) is 23.0. The molecule has 4 rings (SSSR count). The molecule has 0 radical (unpaired) electrons. The first-order valence-electron chi connectivity index (χ1n) is 10.8. The molecule has 1 aliphatic heterocycles. The maximum absolute atomic E-state index is 12.9. The number of imidazole rings is 1. The first-order valence-corrected chi connectivity index (χ1v) is 11.8. The van der Waals surface area contributed by atoms with Gasteiger partial charge in [-0.3, -0.25) is 9.36 Å². The summed E-state index contributed by atoms with van der Waals surface area (Å²) in [6.07, 6.45) is 5.68. The third kappa shape index (κ3) is 4.92. The average molecular weight is 466 g/mol. The number of hydrogen-bond donors (Lipinski definition) is 1. The number of hydrogen-bond acceptors (Lipinski definition) is 6. The van der Waals surface area contributed by atoms with E-state index in [4.69, 9.17) is 9.47 Å². The maximum atomic E-state index is 12.9. The number of nitrogens with zero attached hydrogens (tertiary/aromatic N) is 4. The van der Waals surface area contributed by atoms with E-state index in [0.717, 1.165) is 42.1 Å². The van der Waals surface area contributed by atoms with Crippen LogP contribution in [-0.2, 0) is 16.1 Å². The Morgan fingerprint density at radius 3 is 2.82 bits per heavy atom. The van der Waals surface area contributed by atoms with E-state index in [1.165, 1.54) is 11.8 Å². The van der Waals surface area contributed by atoms with Gasteiger partial charge < -0.3 is 19.4 Å². The van der Waals surface area contributed by atoms with Crippen LogP contribution < -0.4 is 10.1 Å².